The Morgan fingerprint density at radius 1 is 1.24 bits per heavy atom. The fourth-order valence-corrected chi connectivity index (χ4v) is 1.41. The molecule has 0 amide bonds. The highest BCUT2D eigenvalue weighted by Crippen LogP contribution is 2.10. The summed E-state index contributed by atoms with van der Waals surface area (Å²) in [6, 6.07) is 5.68. The summed E-state index contributed by atoms with van der Waals surface area (Å²) in [4.78, 5) is 12.3. The van der Waals surface area contributed by atoms with Crippen LogP contribution in [0.3, 0.4) is 0 Å². The number of pyridine rings is 1. The largest absolute Gasteiger partial charge is 0.364 e. The van der Waals surface area contributed by atoms with Gasteiger partial charge in [0.25, 0.3) is 0 Å². The van der Waals surface area contributed by atoms with Gasteiger partial charge in [-0.15, -0.1) is 0 Å². The monoisotopic (exact) mass is 230 g/mol. The fourth-order valence-electron chi connectivity index (χ4n) is 1.41. The number of aromatic nitrogens is 3. The van der Waals surface area contributed by atoms with E-state index in [2.05, 4.69) is 25.7 Å². The van der Waals surface area contributed by atoms with E-state index in [1.165, 1.54) is 6.33 Å². The number of nitrogens with one attached hydrogen (secondary N) is 2. The van der Waals surface area contributed by atoms with Crippen LogP contribution in [-0.4, -0.2) is 15.0 Å². The molecule has 6 nitrogen and oxygen atoms in total. The lowest BCUT2D eigenvalue weighted by molar-refractivity contribution is 0.998. The van der Waals surface area contributed by atoms with E-state index in [0.717, 1.165) is 11.3 Å². The third-order valence-electron chi connectivity index (χ3n) is 2.37. The first-order valence-corrected chi connectivity index (χ1v) is 5.22. The molecule has 2 aromatic rings. The maximum atomic E-state index is 5.27. The molecular formula is C11H14N6. The zero-order valence-corrected chi connectivity index (χ0v) is 9.51. The average molecular weight is 230 g/mol. The first kappa shape index (κ1) is 11.3. The van der Waals surface area contributed by atoms with Crippen molar-refractivity contribution in [1.29, 1.82) is 0 Å². The van der Waals surface area contributed by atoms with Crippen LogP contribution in [0.5, 0.6) is 0 Å². The minimum Gasteiger partial charge on any atom is -0.364 e. The van der Waals surface area contributed by atoms with Gasteiger partial charge in [-0.05, 0) is 18.6 Å². The van der Waals surface area contributed by atoms with Crippen LogP contribution >= 0.6 is 0 Å². The predicted molar refractivity (Wildman–Crippen MR) is 66.1 cm³/mol. The summed E-state index contributed by atoms with van der Waals surface area (Å²) in [6.07, 6.45) is 3.22. The molecule has 6 heteroatoms. The number of nitrogens with two attached hydrogens (primary N) is 1. The van der Waals surface area contributed by atoms with Crippen LogP contribution in [0, 0.1) is 6.92 Å². The molecule has 2 heterocycles. The van der Waals surface area contributed by atoms with E-state index in [1.54, 1.807) is 12.3 Å². The molecule has 0 aliphatic carbocycles. The smallest absolute Gasteiger partial charge is 0.145 e. The Bertz CT molecular complexity index is 499. The minimum absolute atomic E-state index is 0.570. The molecule has 0 spiro atoms. The number of hydrazine groups is 1. The van der Waals surface area contributed by atoms with E-state index >= 15 is 0 Å². The van der Waals surface area contributed by atoms with Gasteiger partial charge < -0.3 is 10.7 Å². The maximum Gasteiger partial charge on any atom is 0.145 e. The Kier molecular flexibility index (Phi) is 3.46. The topological polar surface area (TPSA) is 88.8 Å². The molecule has 0 fully saturated rings. The second-order valence-corrected chi connectivity index (χ2v) is 3.55. The van der Waals surface area contributed by atoms with Crippen LogP contribution in [0.1, 0.15) is 11.3 Å². The molecule has 17 heavy (non-hydrogen) atoms. The van der Waals surface area contributed by atoms with Crippen molar-refractivity contribution in [2.45, 2.75) is 13.5 Å². The highest BCUT2D eigenvalue weighted by atomic mass is 15.3. The average Bonchev–Trinajstić information content (AvgIpc) is 2.38. The van der Waals surface area contributed by atoms with Crippen molar-refractivity contribution in [3.8, 4) is 0 Å². The minimum atomic E-state index is 0.570. The number of nitrogens with zero attached hydrogens (tertiary/aromatic N) is 3. The van der Waals surface area contributed by atoms with E-state index < -0.39 is 0 Å². The number of anilines is 2. The number of hydrogen-bond donors (Lipinski definition) is 3. The lowest BCUT2D eigenvalue weighted by Gasteiger charge is -2.07. The number of aryl methyl sites for hydroxylation is 1. The van der Waals surface area contributed by atoms with Gasteiger partial charge in [-0.25, -0.2) is 15.8 Å². The van der Waals surface area contributed by atoms with Crippen LogP contribution < -0.4 is 16.6 Å². The summed E-state index contributed by atoms with van der Waals surface area (Å²) in [5.74, 6) is 6.55. The fraction of sp³-hybridized carbons (Fsp3) is 0.182. The lowest BCUT2D eigenvalue weighted by atomic mass is 10.2. The van der Waals surface area contributed by atoms with Gasteiger partial charge in [0.1, 0.15) is 18.0 Å². The molecule has 0 aliphatic rings. The normalized spacial score (nSPS) is 10.0. The van der Waals surface area contributed by atoms with Crippen molar-refractivity contribution < 1.29 is 0 Å². The predicted octanol–water partition coefficient (Wildman–Crippen LogP) is 1.08. The summed E-state index contributed by atoms with van der Waals surface area (Å²) < 4.78 is 0. The highest BCUT2D eigenvalue weighted by molar-refractivity contribution is 5.45. The van der Waals surface area contributed by atoms with E-state index in [4.69, 9.17) is 5.84 Å². The summed E-state index contributed by atoms with van der Waals surface area (Å²) in [5.41, 5.74) is 4.61. The van der Waals surface area contributed by atoms with Gasteiger partial charge in [0.05, 0.1) is 12.2 Å². The molecule has 0 saturated heterocycles. The molecule has 0 atom stereocenters. The standard InChI is InChI=1S/C11H14N6/c1-8-3-2-4-13-9(8)6-14-10-5-11(17-12)16-7-15-10/h2-5,7H,6,12H2,1H3,(H2,14,15,16,17). The van der Waals surface area contributed by atoms with Crippen LogP contribution in [0.2, 0.25) is 0 Å². The quantitative estimate of drug-likeness (QED) is 0.538. The van der Waals surface area contributed by atoms with Crippen LogP contribution in [0.25, 0.3) is 0 Å². The van der Waals surface area contributed by atoms with Crippen molar-refractivity contribution in [1.82, 2.24) is 15.0 Å². The molecule has 2 aromatic heterocycles. The zero-order chi connectivity index (χ0) is 12.1. The summed E-state index contributed by atoms with van der Waals surface area (Å²) in [6.45, 7) is 2.64. The molecule has 88 valence electrons. The highest BCUT2D eigenvalue weighted by Gasteiger charge is 2.00. The molecular weight excluding hydrogens is 216 g/mol. The number of hydrogen-bond acceptors (Lipinski definition) is 6. The Balaban J connectivity index is 2.05. The summed E-state index contributed by atoms with van der Waals surface area (Å²) >= 11 is 0. The molecule has 0 aromatic carbocycles. The molecule has 2 rings (SSSR count). The molecule has 0 radical (unpaired) electrons. The van der Waals surface area contributed by atoms with Crippen LogP contribution in [0.4, 0.5) is 11.6 Å². The van der Waals surface area contributed by atoms with Crippen molar-refractivity contribution in [2.75, 3.05) is 10.7 Å². The zero-order valence-electron chi connectivity index (χ0n) is 9.51. The van der Waals surface area contributed by atoms with Crippen LogP contribution in [0.15, 0.2) is 30.7 Å². The van der Waals surface area contributed by atoms with Gasteiger partial charge in [-0.3, -0.25) is 4.98 Å². The Hall–Kier alpha value is -2.21. The lowest BCUT2D eigenvalue weighted by Crippen LogP contribution is -2.10. The van der Waals surface area contributed by atoms with Gasteiger partial charge in [-0.1, -0.05) is 6.07 Å². The molecule has 4 N–H and O–H groups in total. The summed E-state index contributed by atoms with van der Waals surface area (Å²) in [5, 5.41) is 3.17. The second-order valence-electron chi connectivity index (χ2n) is 3.55. The number of nitrogen functional groups attached to an aromatic ring is 1. The van der Waals surface area contributed by atoms with Gasteiger partial charge in [0.15, 0.2) is 0 Å². The molecule has 0 unspecified atom stereocenters. The molecule has 0 saturated carbocycles. The Labute approximate surface area is 99.3 Å². The van der Waals surface area contributed by atoms with Gasteiger partial charge in [0, 0.05) is 12.3 Å². The molecule has 0 bridgehead atoms. The third-order valence-corrected chi connectivity index (χ3v) is 2.37. The van der Waals surface area contributed by atoms with E-state index in [1.807, 2.05) is 19.1 Å². The van der Waals surface area contributed by atoms with Gasteiger partial charge >= 0.3 is 0 Å². The van der Waals surface area contributed by atoms with Crippen molar-refractivity contribution in [3.05, 3.63) is 42.0 Å². The van der Waals surface area contributed by atoms with Crippen molar-refractivity contribution >= 4 is 11.6 Å². The third kappa shape index (κ3) is 2.88. The maximum absolute atomic E-state index is 5.27. The van der Waals surface area contributed by atoms with E-state index in [0.29, 0.717) is 18.2 Å². The van der Waals surface area contributed by atoms with E-state index in [9.17, 15) is 0 Å². The first-order chi connectivity index (χ1) is 8.29. The summed E-state index contributed by atoms with van der Waals surface area (Å²) in [7, 11) is 0. The van der Waals surface area contributed by atoms with Crippen LogP contribution in [-0.2, 0) is 6.54 Å². The van der Waals surface area contributed by atoms with Crippen molar-refractivity contribution in [3.63, 3.8) is 0 Å². The molecule has 0 aliphatic heterocycles. The van der Waals surface area contributed by atoms with Gasteiger partial charge in [-0.2, -0.15) is 0 Å². The second kappa shape index (κ2) is 5.22. The Morgan fingerprint density at radius 2 is 2.06 bits per heavy atom. The van der Waals surface area contributed by atoms with Gasteiger partial charge in [0.2, 0.25) is 0 Å². The Morgan fingerprint density at radius 3 is 2.82 bits per heavy atom. The SMILES string of the molecule is Cc1cccnc1CNc1cc(NN)ncn1. The van der Waals surface area contributed by atoms with E-state index in [-0.39, 0.29) is 0 Å². The van der Waals surface area contributed by atoms with Crippen molar-refractivity contribution in [2.24, 2.45) is 5.84 Å². The first-order valence-electron chi connectivity index (χ1n) is 5.22. The number of rotatable bonds is 4.